The molecular formula is C14H10FN3O3. The van der Waals surface area contributed by atoms with Crippen LogP contribution in [0.15, 0.2) is 35.1 Å². The lowest BCUT2D eigenvalue weighted by Gasteiger charge is -2.05. The summed E-state index contributed by atoms with van der Waals surface area (Å²) in [5, 5.41) is 16.7. The third-order valence-corrected chi connectivity index (χ3v) is 2.44. The summed E-state index contributed by atoms with van der Waals surface area (Å²) in [7, 11) is 0. The molecule has 0 saturated heterocycles. The second-order valence-electron chi connectivity index (χ2n) is 3.92. The van der Waals surface area contributed by atoms with Crippen LogP contribution in [0.4, 0.5) is 10.2 Å². The largest absolute Gasteiger partial charge is 0.384 e. The Hall–Kier alpha value is -2.98. The number of aromatic amines is 1. The van der Waals surface area contributed by atoms with Crippen LogP contribution in [0.3, 0.4) is 0 Å². The number of amides is 1. The number of hydrogen-bond donors (Lipinski definition) is 3. The fourth-order valence-electron chi connectivity index (χ4n) is 1.52. The Morgan fingerprint density at radius 2 is 2.19 bits per heavy atom. The van der Waals surface area contributed by atoms with Crippen LogP contribution < -0.4 is 10.9 Å². The molecule has 3 N–H and O–H groups in total. The lowest BCUT2D eigenvalue weighted by Crippen LogP contribution is -2.17. The average molecular weight is 287 g/mol. The number of nitrogens with zero attached hydrogens (tertiary/aromatic N) is 1. The molecule has 0 saturated carbocycles. The van der Waals surface area contributed by atoms with E-state index in [0.717, 1.165) is 6.07 Å². The number of aliphatic hydroxyl groups is 1. The quantitative estimate of drug-likeness (QED) is 0.701. The van der Waals surface area contributed by atoms with Gasteiger partial charge in [-0.15, -0.1) is 0 Å². The molecule has 1 amide bonds. The molecule has 0 radical (unpaired) electrons. The molecule has 6 nitrogen and oxygen atoms in total. The van der Waals surface area contributed by atoms with Crippen molar-refractivity contribution < 1.29 is 14.3 Å². The number of anilines is 1. The maximum atomic E-state index is 13.7. The first-order valence-electron chi connectivity index (χ1n) is 5.86. The van der Waals surface area contributed by atoms with Crippen LogP contribution in [0.1, 0.15) is 15.9 Å². The summed E-state index contributed by atoms with van der Waals surface area (Å²) in [6.07, 6.45) is 0. The number of aromatic nitrogens is 2. The van der Waals surface area contributed by atoms with Gasteiger partial charge in [-0.2, -0.15) is 5.10 Å². The van der Waals surface area contributed by atoms with Gasteiger partial charge in [0.05, 0.1) is 5.56 Å². The van der Waals surface area contributed by atoms with E-state index < -0.39 is 17.3 Å². The Morgan fingerprint density at radius 3 is 2.86 bits per heavy atom. The van der Waals surface area contributed by atoms with Crippen molar-refractivity contribution >= 4 is 11.7 Å². The summed E-state index contributed by atoms with van der Waals surface area (Å²) in [5.74, 6) is 3.63. The molecule has 106 valence electrons. The first kappa shape index (κ1) is 14.4. The summed E-state index contributed by atoms with van der Waals surface area (Å²) in [5.41, 5.74) is -0.238. The number of nitrogens with one attached hydrogen (secondary N) is 2. The molecule has 1 aromatic carbocycles. The van der Waals surface area contributed by atoms with Crippen LogP contribution in [0.2, 0.25) is 0 Å². The number of carbonyl (C=O) groups is 1. The molecular weight excluding hydrogens is 277 g/mol. The normalized spacial score (nSPS) is 9.62. The maximum absolute atomic E-state index is 13.7. The Balaban J connectivity index is 2.25. The van der Waals surface area contributed by atoms with Crippen molar-refractivity contribution in [2.24, 2.45) is 0 Å². The van der Waals surface area contributed by atoms with Crippen LogP contribution >= 0.6 is 0 Å². The van der Waals surface area contributed by atoms with E-state index in [-0.39, 0.29) is 18.0 Å². The third kappa shape index (κ3) is 3.75. The van der Waals surface area contributed by atoms with E-state index in [1.165, 1.54) is 24.3 Å². The Kier molecular flexibility index (Phi) is 4.43. The van der Waals surface area contributed by atoms with Gasteiger partial charge >= 0.3 is 0 Å². The lowest BCUT2D eigenvalue weighted by molar-refractivity contribution is 0.102. The fraction of sp³-hybridized carbons (Fsp3) is 0.0714. The molecule has 0 unspecified atom stereocenters. The molecule has 0 spiro atoms. The zero-order valence-electron chi connectivity index (χ0n) is 10.7. The van der Waals surface area contributed by atoms with Crippen LogP contribution in [-0.2, 0) is 0 Å². The SMILES string of the molecule is O=C(Nc1ccc(=O)[nH]n1)c1cc(C#CCO)ccc1F. The van der Waals surface area contributed by atoms with E-state index in [1.54, 1.807) is 0 Å². The van der Waals surface area contributed by atoms with Gasteiger partial charge < -0.3 is 10.4 Å². The van der Waals surface area contributed by atoms with Crippen molar-refractivity contribution in [1.29, 1.82) is 0 Å². The molecule has 0 atom stereocenters. The first-order valence-corrected chi connectivity index (χ1v) is 5.86. The first-order chi connectivity index (χ1) is 10.1. The van der Waals surface area contributed by atoms with Gasteiger partial charge in [-0.1, -0.05) is 11.8 Å². The smallest absolute Gasteiger partial charge is 0.264 e. The van der Waals surface area contributed by atoms with E-state index >= 15 is 0 Å². The maximum Gasteiger partial charge on any atom is 0.264 e. The van der Waals surface area contributed by atoms with Crippen LogP contribution in [0, 0.1) is 17.7 Å². The topological polar surface area (TPSA) is 95.1 Å². The lowest BCUT2D eigenvalue weighted by atomic mass is 10.1. The minimum Gasteiger partial charge on any atom is -0.384 e. The molecule has 0 aliphatic heterocycles. The highest BCUT2D eigenvalue weighted by Gasteiger charge is 2.13. The fourth-order valence-corrected chi connectivity index (χ4v) is 1.52. The van der Waals surface area contributed by atoms with Gasteiger partial charge in [0.2, 0.25) is 0 Å². The Bertz CT molecular complexity index is 770. The second kappa shape index (κ2) is 6.45. The van der Waals surface area contributed by atoms with Crippen LogP contribution in [-0.4, -0.2) is 27.8 Å². The van der Waals surface area contributed by atoms with E-state index in [4.69, 9.17) is 5.11 Å². The van der Waals surface area contributed by atoms with Gasteiger partial charge in [-0.3, -0.25) is 9.59 Å². The van der Waals surface area contributed by atoms with Crippen molar-refractivity contribution in [3.05, 3.63) is 57.6 Å². The molecule has 2 rings (SSSR count). The van der Waals surface area contributed by atoms with Crippen molar-refractivity contribution in [3.8, 4) is 11.8 Å². The zero-order valence-corrected chi connectivity index (χ0v) is 10.7. The average Bonchev–Trinajstić information content (AvgIpc) is 2.48. The third-order valence-electron chi connectivity index (χ3n) is 2.44. The van der Waals surface area contributed by atoms with Gasteiger partial charge in [0.1, 0.15) is 12.4 Å². The van der Waals surface area contributed by atoms with E-state index in [1.807, 2.05) is 0 Å². The molecule has 1 heterocycles. The Morgan fingerprint density at radius 1 is 1.38 bits per heavy atom. The minimum absolute atomic E-state index is 0.0887. The summed E-state index contributed by atoms with van der Waals surface area (Å²) >= 11 is 0. The van der Waals surface area contributed by atoms with E-state index in [9.17, 15) is 14.0 Å². The highest BCUT2D eigenvalue weighted by Crippen LogP contribution is 2.12. The number of carbonyl (C=O) groups excluding carboxylic acids is 1. The van der Waals surface area contributed by atoms with Gasteiger partial charge in [-0.25, -0.2) is 9.49 Å². The van der Waals surface area contributed by atoms with Crippen molar-refractivity contribution in [1.82, 2.24) is 10.2 Å². The highest BCUT2D eigenvalue weighted by atomic mass is 19.1. The Labute approximate surface area is 118 Å². The predicted octanol–water partition coefficient (Wildman–Crippen LogP) is 0.505. The molecule has 0 aliphatic rings. The van der Waals surface area contributed by atoms with Crippen molar-refractivity contribution in [2.45, 2.75) is 0 Å². The number of hydrogen-bond acceptors (Lipinski definition) is 4. The summed E-state index contributed by atoms with van der Waals surface area (Å²) in [4.78, 5) is 22.8. The second-order valence-corrected chi connectivity index (χ2v) is 3.92. The zero-order chi connectivity index (χ0) is 15.2. The van der Waals surface area contributed by atoms with E-state index in [2.05, 4.69) is 27.4 Å². The number of halogens is 1. The number of H-pyrrole nitrogens is 1. The van der Waals surface area contributed by atoms with Gasteiger partial charge in [-0.05, 0) is 24.3 Å². The standard InChI is InChI=1S/C14H10FN3O3/c15-11-4-3-9(2-1-7-19)8-10(11)14(21)16-12-5-6-13(20)18-17-12/h3-6,8,19H,7H2,(H,18,20)(H,16,17,21). The van der Waals surface area contributed by atoms with Gasteiger partial charge in [0.15, 0.2) is 5.82 Å². The molecule has 7 heteroatoms. The molecule has 2 aromatic rings. The predicted molar refractivity (Wildman–Crippen MR) is 73.2 cm³/mol. The summed E-state index contributed by atoms with van der Waals surface area (Å²) < 4.78 is 13.7. The van der Waals surface area contributed by atoms with Gasteiger partial charge in [0.25, 0.3) is 11.5 Å². The van der Waals surface area contributed by atoms with Crippen LogP contribution in [0.25, 0.3) is 0 Å². The van der Waals surface area contributed by atoms with Crippen LogP contribution in [0.5, 0.6) is 0 Å². The number of benzene rings is 1. The summed E-state index contributed by atoms with van der Waals surface area (Å²) in [6.45, 7) is -0.333. The van der Waals surface area contributed by atoms with Gasteiger partial charge in [0, 0.05) is 11.6 Å². The minimum atomic E-state index is -0.723. The molecule has 1 aromatic heterocycles. The molecule has 21 heavy (non-hydrogen) atoms. The molecule has 0 bridgehead atoms. The van der Waals surface area contributed by atoms with E-state index in [0.29, 0.717) is 5.56 Å². The monoisotopic (exact) mass is 287 g/mol. The number of aliphatic hydroxyl groups excluding tert-OH is 1. The van der Waals surface area contributed by atoms with Crippen molar-refractivity contribution in [2.75, 3.05) is 11.9 Å². The van der Waals surface area contributed by atoms with Crippen molar-refractivity contribution in [3.63, 3.8) is 0 Å². The molecule has 0 fully saturated rings. The molecule has 0 aliphatic carbocycles. The summed E-state index contributed by atoms with van der Waals surface area (Å²) in [6, 6.07) is 6.24. The highest BCUT2D eigenvalue weighted by molar-refractivity contribution is 6.04. The number of rotatable bonds is 2.